The summed E-state index contributed by atoms with van der Waals surface area (Å²) in [6, 6.07) is -0.433. The van der Waals surface area contributed by atoms with Gasteiger partial charge in [-0.3, -0.25) is 10.1 Å². The molecule has 94 valence electrons. The standard InChI is InChI=1S/C11H22N2O3/c1-9(7-13-5-3-4-6-13)12-10(8-16-2)11(14)15/h9-10,12H,3-8H2,1-2H3,(H,14,15). The number of likely N-dealkylation sites (tertiary alicyclic amines) is 1. The largest absolute Gasteiger partial charge is 0.480 e. The fourth-order valence-electron chi connectivity index (χ4n) is 2.11. The zero-order valence-electron chi connectivity index (χ0n) is 10.1. The van der Waals surface area contributed by atoms with Crippen LogP contribution in [0.5, 0.6) is 0 Å². The van der Waals surface area contributed by atoms with E-state index in [0.29, 0.717) is 0 Å². The van der Waals surface area contributed by atoms with Gasteiger partial charge >= 0.3 is 5.97 Å². The summed E-state index contributed by atoms with van der Waals surface area (Å²) in [5.74, 6) is -0.852. The van der Waals surface area contributed by atoms with Gasteiger partial charge in [0.25, 0.3) is 0 Å². The molecule has 2 unspecified atom stereocenters. The van der Waals surface area contributed by atoms with Crippen LogP contribution < -0.4 is 5.32 Å². The van der Waals surface area contributed by atoms with E-state index in [1.807, 2.05) is 6.92 Å². The molecule has 1 heterocycles. The van der Waals surface area contributed by atoms with E-state index >= 15 is 0 Å². The first-order chi connectivity index (χ1) is 7.63. The van der Waals surface area contributed by atoms with Crippen LogP contribution in [0.4, 0.5) is 0 Å². The van der Waals surface area contributed by atoms with E-state index in [4.69, 9.17) is 9.84 Å². The fraction of sp³-hybridized carbons (Fsp3) is 0.909. The second kappa shape index (κ2) is 6.83. The van der Waals surface area contributed by atoms with Crippen LogP contribution in [0, 0.1) is 0 Å². The Bertz CT molecular complexity index is 217. The Morgan fingerprint density at radius 1 is 1.50 bits per heavy atom. The lowest BCUT2D eigenvalue weighted by molar-refractivity contribution is -0.141. The summed E-state index contributed by atoms with van der Waals surface area (Å²) in [7, 11) is 1.52. The molecule has 1 aliphatic rings. The van der Waals surface area contributed by atoms with Crippen molar-refractivity contribution in [1.82, 2.24) is 10.2 Å². The highest BCUT2D eigenvalue weighted by atomic mass is 16.5. The van der Waals surface area contributed by atoms with Crippen molar-refractivity contribution in [3.05, 3.63) is 0 Å². The van der Waals surface area contributed by atoms with Crippen LogP contribution in [0.1, 0.15) is 19.8 Å². The third kappa shape index (κ3) is 4.47. The monoisotopic (exact) mass is 230 g/mol. The summed E-state index contributed by atoms with van der Waals surface area (Å²) in [5.41, 5.74) is 0. The van der Waals surface area contributed by atoms with E-state index in [2.05, 4.69) is 10.2 Å². The van der Waals surface area contributed by atoms with E-state index in [-0.39, 0.29) is 12.6 Å². The number of aliphatic carboxylic acids is 1. The fourth-order valence-corrected chi connectivity index (χ4v) is 2.11. The van der Waals surface area contributed by atoms with E-state index in [9.17, 15) is 4.79 Å². The Morgan fingerprint density at radius 2 is 2.12 bits per heavy atom. The maximum atomic E-state index is 10.9. The summed E-state index contributed by atoms with van der Waals surface area (Å²) < 4.78 is 4.88. The molecule has 2 N–H and O–H groups in total. The van der Waals surface area contributed by atoms with E-state index in [1.54, 1.807) is 0 Å². The number of carbonyl (C=O) groups is 1. The molecule has 0 aromatic carbocycles. The first-order valence-corrected chi connectivity index (χ1v) is 5.83. The Balaban J connectivity index is 2.29. The summed E-state index contributed by atoms with van der Waals surface area (Å²) in [5, 5.41) is 12.0. The molecule has 0 aromatic rings. The summed E-state index contributed by atoms with van der Waals surface area (Å²) >= 11 is 0. The molecule has 0 aromatic heterocycles. The van der Waals surface area contributed by atoms with Crippen molar-refractivity contribution in [2.45, 2.75) is 31.8 Å². The van der Waals surface area contributed by atoms with Crippen molar-refractivity contribution >= 4 is 5.97 Å². The maximum Gasteiger partial charge on any atom is 0.323 e. The second-order valence-electron chi connectivity index (χ2n) is 4.42. The van der Waals surface area contributed by atoms with E-state index in [1.165, 1.54) is 20.0 Å². The molecule has 0 amide bonds. The number of nitrogens with one attached hydrogen (secondary N) is 1. The van der Waals surface area contributed by atoms with Gasteiger partial charge in [-0.1, -0.05) is 0 Å². The molecule has 0 saturated carbocycles. The van der Waals surface area contributed by atoms with Gasteiger partial charge in [-0.15, -0.1) is 0 Å². The van der Waals surface area contributed by atoms with Crippen molar-refractivity contribution in [3.8, 4) is 0 Å². The quantitative estimate of drug-likeness (QED) is 0.652. The van der Waals surface area contributed by atoms with Crippen LogP contribution in [0.15, 0.2) is 0 Å². The zero-order valence-corrected chi connectivity index (χ0v) is 10.1. The van der Waals surface area contributed by atoms with Gasteiger partial charge in [0.05, 0.1) is 6.61 Å². The lowest BCUT2D eigenvalue weighted by Crippen LogP contribution is -2.48. The number of carboxylic acid groups (broad SMARTS) is 1. The maximum absolute atomic E-state index is 10.9. The second-order valence-corrected chi connectivity index (χ2v) is 4.42. The summed E-state index contributed by atoms with van der Waals surface area (Å²) in [4.78, 5) is 13.3. The normalized spacial score (nSPS) is 20.9. The highest BCUT2D eigenvalue weighted by Gasteiger charge is 2.21. The highest BCUT2D eigenvalue weighted by molar-refractivity contribution is 5.73. The Hall–Kier alpha value is -0.650. The van der Waals surface area contributed by atoms with Gasteiger partial charge in [-0.2, -0.15) is 0 Å². The predicted molar refractivity (Wildman–Crippen MR) is 61.6 cm³/mol. The number of nitrogens with zero attached hydrogens (tertiary/aromatic N) is 1. The van der Waals surface area contributed by atoms with Crippen LogP contribution in [-0.4, -0.2) is 61.4 Å². The number of methoxy groups -OCH3 is 1. The van der Waals surface area contributed by atoms with Gasteiger partial charge in [0, 0.05) is 19.7 Å². The van der Waals surface area contributed by atoms with Crippen molar-refractivity contribution in [1.29, 1.82) is 0 Å². The van der Waals surface area contributed by atoms with Crippen LogP contribution >= 0.6 is 0 Å². The van der Waals surface area contributed by atoms with Crippen LogP contribution in [0.2, 0.25) is 0 Å². The number of ether oxygens (including phenoxy) is 1. The molecule has 0 bridgehead atoms. The third-order valence-electron chi connectivity index (χ3n) is 2.85. The molecule has 1 fully saturated rings. The molecule has 0 radical (unpaired) electrons. The first kappa shape index (κ1) is 13.4. The molecule has 0 aliphatic carbocycles. The van der Waals surface area contributed by atoms with Gasteiger partial charge in [0.2, 0.25) is 0 Å². The van der Waals surface area contributed by atoms with Crippen molar-refractivity contribution < 1.29 is 14.6 Å². The third-order valence-corrected chi connectivity index (χ3v) is 2.85. The van der Waals surface area contributed by atoms with Crippen LogP contribution in [-0.2, 0) is 9.53 Å². The van der Waals surface area contributed by atoms with Crippen LogP contribution in [0.3, 0.4) is 0 Å². The minimum absolute atomic E-state index is 0.175. The average molecular weight is 230 g/mol. The van der Waals surface area contributed by atoms with Gasteiger partial charge in [0.15, 0.2) is 0 Å². The molecular weight excluding hydrogens is 208 g/mol. The first-order valence-electron chi connectivity index (χ1n) is 5.83. The molecule has 1 aliphatic heterocycles. The Kier molecular flexibility index (Phi) is 5.73. The molecule has 0 spiro atoms. The lowest BCUT2D eigenvalue weighted by Gasteiger charge is -2.24. The van der Waals surface area contributed by atoms with Crippen molar-refractivity contribution in [2.75, 3.05) is 33.4 Å². The molecule has 2 atom stereocenters. The SMILES string of the molecule is COCC(NC(C)CN1CCCC1)C(=O)O. The average Bonchev–Trinajstić information content (AvgIpc) is 2.69. The van der Waals surface area contributed by atoms with Gasteiger partial charge in [0.1, 0.15) is 6.04 Å². The van der Waals surface area contributed by atoms with Gasteiger partial charge < -0.3 is 14.7 Å². The van der Waals surface area contributed by atoms with Gasteiger partial charge in [-0.25, -0.2) is 0 Å². The van der Waals surface area contributed by atoms with Crippen molar-refractivity contribution in [2.24, 2.45) is 0 Å². The zero-order chi connectivity index (χ0) is 12.0. The smallest absolute Gasteiger partial charge is 0.323 e. The molecule has 16 heavy (non-hydrogen) atoms. The van der Waals surface area contributed by atoms with E-state index in [0.717, 1.165) is 19.6 Å². The van der Waals surface area contributed by atoms with Crippen LogP contribution in [0.25, 0.3) is 0 Å². The number of carboxylic acids is 1. The summed E-state index contributed by atoms with van der Waals surface area (Å²) in [6.45, 7) is 5.40. The molecule has 1 saturated heterocycles. The topological polar surface area (TPSA) is 61.8 Å². The molecule has 5 nitrogen and oxygen atoms in total. The predicted octanol–water partition coefficient (Wildman–Crippen LogP) is 0.160. The summed E-state index contributed by atoms with van der Waals surface area (Å²) in [6.07, 6.45) is 2.51. The Labute approximate surface area is 96.8 Å². The molecule has 1 rings (SSSR count). The highest BCUT2D eigenvalue weighted by Crippen LogP contribution is 2.07. The van der Waals surface area contributed by atoms with E-state index < -0.39 is 12.0 Å². The number of rotatable bonds is 7. The molecule has 5 heteroatoms. The Morgan fingerprint density at radius 3 is 2.62 bits per heavy atom. The minimum Gasteiger partial charge on any atom is -0.480 e. The number of hydrogen-bond acceptors (Lipinski definition) is 4. The van der Waals surface area contributed by atoms with Crippen molar-refractivity contribution in [3.63, 3.8) is 0 Å². The van der Waals surface area contributed by atoms with Gasteiger partial charge in [-0.05, 0) is 32.9 Å². The number of hydrogen-bond donors (Lipinski definition) is 2. The molecular formula is C11H22N2O3. The lowest BCUT2D eigenvalue weighted by atomic mass is 10.2. The minimum atomic E-state index is -0.852.